The maximum absolute atomic E-state index is 5.84. The number of rotatable bonds is 5. The summed E-state index contributed by atoms with van der Waals surface area (Å²) in [7, 11) is 0. The van der Waals surface area contributed by atoms with Gasteiger partial charge in [-0.2, -0.15) is 0 Å². The molecule has 0 aliphatic heterocycles. The second kappa shape index (κ2) is 6.74. The molecule has 0 aliphatic carbocycles. The third kappa shape index (κ3) is 4.09. The highest BCUT2D eigenvalue weighted by Gasteiger charge is 1.98. The molecule has 0 amide bonds. The monoisotopic (exact) mass is 273 g/mol. The van der Waals surface area contributed by atoms with Crippen molar-refractivity contribution < 1.29 is 0 Å². The zero-order chi connectivity index (χ0) is 13.7. The molecule has 2 aromatic rings. The normalized spacial score (nSPS) is 10.7. The van der Waals surface area contributed by atoms with E-state index in [1.54, 1.807) is 0 Å². The molecule has 19 heavy (non-hydrogen) atoms. The van der Waals surface area contributed by atoms with Crippen LogP contribution in [-0.4, -0.2) is 0 Å². The van der Waals surface area contributed by atoms with Gasteiger partial charge in [0.15, 0.2) is 0 Å². The molecule has 0 bridgehead atoms. The Kier molecular flexibility index (Phi) is 5.00. The van der Waals surface area contributed by atoms with Crippen molar-refractivity contribution in [2.45, 2.75) is 32.8 Å². The van der Waals surface area contributed by atoms with Gasteiger partial charge in [-0.3, -0.25) is 0 Å². The van der Waals surface area contributed by atoms with Crippen LogP contribution in [0.2, 0.25) is 0 Å². The molecule has 0 unspecified atom stereocenters. The van der Waals surface area contributed by atoms with E-state index in [0.29, 0.717) is 5.88 Å². The average Bonchev–Trinajstić information content (AvgIpc) is 2.43. The van der Waals surface area contributed by atoms with Crippen molar-refractivity contribution >= 4 is 11.6 Å². The van der Waals surface area contributed by atoms with Crippen molar-refractivity contribution in [3.63, 3.8) is 0 Å². The molecule has 2 rings (SSSR count). The van der Waals surface area contributed by atoms with Gasteiger partial charge in [0, 0.05) is 19.0 Å². The third-order valence-electron chi connectivity index (χ3n) is 3.38. The zero-order valence-electron chi connectivity index (χ0n) is 11.5. The molecule has 1 nitrogen and oxygen atoms in total. The molecular formula is C17H20ClN. The first-order chi connectivity index (χ1) is 9.19. The van der Waals surface area contributed by atoms with Gasteiger partial charge in [-0.15, -0.1) is 11.6 Å². The molecule has 0 saturated heterocycles. The van der Waals surface area contributed by atoms with E-state index in [2.05, 4.69) is 61.6 Å². The summed E-state index contributed by atoms with van der Waals surface area (Å²) < 4.78 is 0. The topological polar surface area (TPSA) is 12.0 Å². The Bertz CT molecular complexity index is 549. The Balaban J connectivity index is 1.90. The van der Waals surface area contributed by atoms with Crippen LogP contribution in [0.1, 0.15) is 27.8 Å². The largest absolute Gasteiger partial charge is 0.309 e. The Morgan fingerprint density at radius 2 is 1.53 bits per heavy atom. The van der Waals surface area contributed by atoms with Crippen LogP contribution in [-0.2, 0) is 19.0 Å². The zero-order valence-corrected chi connectivity index (χ0v) is 12.3. The molecule has 0 aromatic heterocycles. The fourth-order valence-electron chi connectivity index (χ4n) is 2.09. The van der Waals surface area contributed by atoms with E-state index in [9.17, 15) is 0 Å². The second-order valence-corrected chi connectivity index (χ2v) is 5.24. The van der Waals surface area contributed by atoms with Gasteiger partial charge in [0.05, 0.1) is 0 Å². The summed E-state index contributed by atoms with van der Waals surface area (Å²) in [5.41, 5.74) is 6.48. The van der Waals surface area contributed by atoms with Gasteiger partial charge in [-0.05, 0) is 41.7 Å². The summed E-state index contributed by atoms with van der Waals surface area (Å²) >= 11 is 5.84. The number of halogens is 1. The molecular weight excluding hydrogens is 254 g/mol. The highest BCUT2D eigenvalue weighted by atomic mass is 35.5. The van der Waals surface area contributed by atoms with Crippen LogP contribution < -0.4 is 5.32 Å². The molecule has 2 heteroatoms. The van der Waals surface area contributed by atoms with Crippen molar-refractivity contribution in [3.8, 4) is 0 Å². The van der Waals surface area contributed by atoms with Crippen LogP contribution in [0.25, 0.3) is 0 Å². The summed E-state index contributed by atoms with van der Waals surface area (Å²) in [5, 5.41) is 3.47. The Hall–Kier alpha value is -1.31. The van der Waals surface area contributed by atoms with Gasteiger partial charge in [0.1, 0.15) is 0 Å². The minimum Gasteiger partial charge on any atom is -0.309 e. The lowest BCUT2D eigenvalue weighted by Crippen LogP contribution is -2.12. The quantitative estimate of drug-likeness (QED) is 0.800. The van der Waals surface area contributed by atoms with Gasteiger partial charge in [0.2, 0.25) is 0 Å². The van der Waals surface area contributed by atoms with E-state index in [1.807, 2.05) is 0 Å². The number of hydrogen-bond acceptors (Lipinski definition) is 1. The van der Waals surface area contributed by atoms with Crippen molar-refractivity contribution in [1.29, 1.82) is 0 Å². The fourth-order valence-corrected chi connectivity index (χ4v) is 2.25. The van der Waals surface area contributed by atoms with Crippen LogP contribution in [0, 0.1) is 13.8 Å². The lowest BCUT2D eigenvalue weighted by molar-refractivity contribution is 0.692. The molecule has 100 valence electrons. The highest BCUT2D eigenvalue weighted by Crippen LogP contribution is 2.11. The molecule has 0 atom stereocenters. The van der Waals surface area contributed by atoms with Crippen LogP contribution >= 0.6 is 11.6 Å². The van der Waals surface area contributed by atoms with Gasteiger partial charge >= 0.3 is 0 Å². The van der Waals surface area contributed by atoms with Crippen molar-refractivity contribution in [1.82, 2.24) is 5.32 Å². The summed E-state index contributed by atoms with van der Waals surface area (Å²) in [4.78, 5) is 0. The van der Waals surface area contributed by atoms with Crippen molar-refractivity contribution in [2.75, 3.05) is 0 Å². The summed E-state index contributed by atoms with van der Waals surface area (Å²) in [5.74, 6) is 0.574. The average molecular weight is 274 g/mol. The number of alkyl halides is 1. The van der Waals surface area contributed by atoms with E-state index >= 15 is 0 Å². The van der Waals surface area contributed by atoms with Gasteiger partial charge in [-0.25, -0.2) is 0 Å². The Morgan fingerprint density at radius 3 is 2.21 bits per heavy atom. The van der Waals surface area contributed by atoms with Gasteiger partial charge < -0.3 is 5.32 Å². The highest BCUT2D eigenvalue weighted by molar-refractivity contribution is 6.17. The molecule has 0 aliphatic rings. The molecule has 0 radical (unpaired) electrons. The third-order valence-corrected chi connectivity index (χ3v) is 3.68. The molecule has 0 saturated carbocycles. The Morgan fingerprint density at radius 1 is 0.842 bits per heavy atom. The number of aryl methyl sites for hydroxylation is 2. The summed E-state index contributed by atoms with van der Waals surface area (Å²) in [6.45, 7) is 6.07. The van der Waals surface area contributed by atoms with E-state index < -0.39 is 0 Å². The van der Waals surface area contributed by atoms with Crippen LogP contribution in [0.3, 0.4) is 0 Å². The van der Waals surface area contributed by atoms with Gasteiger partial charge in [0.25, 0.3) is 0 Å². The number of nitrogens with one attached hydrogen (secondary N) is 1. The van der Waals surface area contributed by atoms with E-state index in [-0.39, 0.29) is 0 Å². The summed E-state index contributed by atoms with van der Waals surface area (Å²) in [6, 6.07) is 15.0. The smallest absolute Gasteiger partial charge is 0.0474 e. The van der Waals surface area contributed by atoms with Crippen LogP contribution in [0.5, 0.6) is 0 Å². The predicted octanol–water partition coefficient (Wildman–Crippen LogP) is 4.33. The molecule has 0 spiro atoms. The van der Waals surface area contributed by atoms with E-state index in [4.69, 9.17) is 11.6 Å². The second-order valence-electron chi connectivity index (χ2n) is 4.98. The molecule has 0 fully saturated rings. The number of hydrogen-bond donors (Lipinski definition) is 1. The lowest BCUT2D eigenvalue weighted by atomic mass is 10.1. The first-order valence-electron chi connectivity index (χ1n) is 6.59. The Labute approximate surface area is 120 Å². The lowest BCUT2D eigenvalue weighted by Gasteiger charge is -2.08. The maximum Gasteiger partial charge on any atom is 0.0474 e. The van der Waals surface area contributed by atoms with E-state index in [0.717, 1.165) is 13.1 Å². The molecule has 0 heterocycles. The first kappa shape index (κ1) is 14.1. The van der Waals surface area contributed by atoms with Crippen molar-refractivity contribution in [3.05, 3.63) is 70.3 Å². The van der Waals surface area contributed by atoms with Crippen molar-refractivity contribution in [2.24, 2.45) is 0 Å². The molecule has 2 aromatic carbocycles. The van der Waals surface area contributed by atoms with E-state index in [1.165, 1.54) is 27.8 Å². The maximum atomic E-state index is 5.84. The fraction of sp³-hybridized carbons (Fsp3) is 0.294. The minimum absolute atomic E-state index is 0.574. The first-order valence-corrected chi connectivity index (χ1v) is 7.13. The standard InChI is InChI=1S/C17H20ClN/c1-13-6-7-17(8-14(13)2)12-19-11-16-5-3-4-15(9-16)10-18/h3-9,19H,10-12H2,1-2H3. The number of benzene rings is 2. The molecule has 1 N–H and O–H groups in total. The SMILES string of the molecule is Cc1ccc(CNCc2cccc(CCl)c2)cc1C. The van der Waals surface area contributed by atoms with Crippen LogP contribution in [0.4, 0.5) is 0 Å². The summed E-state index contributed by atoms with van der Waals surface area (Å²) in [6.07, 6.45) is 0. The van der Waals surface area contributed by atoms with Gasteiger partial charge in [-0.1, -0.05) is 42.5 Å². The van der Waals surface area contributed by atoms with Crippen LogP contribution in [0.15, 0.2) is 42.5 Å². The predicted molar refractivity (Wildman–Crippen MR) is 82.5 cm³/mol. The minimum atomic E-state index is 0.574.